The Labute approximate surface area is 121 Å². The quantitative estimate of drug-likeness (QED) is 0.717. The fourth-order valence-corrected chi connectivity index (χ4v) is 3.82. The Bertz CT molecular complexity index is 584. The van der Waals surface area contributed by atoms with Crippen molar-refractivity contribution in [3.8, 4) is 0 Å². The summed E-state index contributed by atoms with van der Waals surface area (Å²) in [5.41, 5.74) is 2.39. The first kappa shape index (κ1) is 13.2. The summed E-state index contributed by atoms with van der Waals surface area (Å²) in [5, 5.41) is 0. The molecule has 21 heavy (non-hydrogen) atoms. The van der Waals surface area contributed by atoms with Crippen molar-refractivity contribution in [1.29, 1.82) is 0 Å². The zero-order valence-corrected chi connectivity index (χ0v) is 11.7. The Morgan fingerprint density at radius 1 is 1.00 bits per heavy atom. The van der Waals surface area contributed by atoms with Gasteiger partial charge in [-0.1, -0.05) is 17.2 Å². The van der Waals surface area contributed by atoms with E-state index in [0.717, 1.165) is 31.7 Å². The Morgan fingerprint density at radius 3 is 2.24 bits per heavy atom. The lowest BCUT2D eigenvalue weighted by molar-refractivity contribution is -0.141. The summed E-state index contributed by atoms with van der Waals surface area (Å²) in [4.78, 5) is 6.02. The fraction of sp³-hybridized carbons (Fsp3) is 0.562. The van der Waals surface area contributed by atoms with Crippen LogP contribution in [0.4, 0.5) is 19.0 Å². The highest BCUT2D eigenvalue weighted by molar-refractivity contribution is 5.47. The monoisotopic (exact) mass is 294 g/mol. The molecule has 2 nitrogen and oxygen atoms in total. The Balaban J connectivity index is 1.64. The molecule has 2 unspecified atom stereocenters. The van der Waals surface area contributed by atoms with E-state index < -0.39 is 11.9 Å². The lowest BCUT2D eigenvalue weighted by atomic mass is 9.95. The smallest absolute Gasteiger partial charge is 0.350 e. The van der Waals surface area contributed by atoms with Gasteiger partial charge in [-0.05, 0) is 50.7 Å². The maximum atomic E-state index is 12.8. The average Bonchev–Trinajstić information content (AvgIpc) is 3.24. The molecular formula is C16H17F3N2. The summed E-state index contributed by atoms with van der Waals surface area (Å²) in [6.07, 6.45) is 2.27. The first-order chi connectivity index (χ1) is 10.0. The molecule has 2 bridgehead atoms. The number of fused-ring (bicyclic) bond motifs is 2. The standard InChI is InChI=1S/C16H17F3N2/c17-16(18,19)14-2-1-3-15(20-14)21-12-6-7-13(21)9-11(8-12)10-4-5-10/h1-3,12-13H,4-9H2. The van der Waals surface area contributed by atoms with Crippen molar-refractivity contribution in [2.24, 2.45) is 0 Å². The maximum absolute atomic E-state index is 12.8. The summed E-state index contributed by atoms with van der Waals surface area (Å²) in [6, 6.07) is 4.91. The molecule has 3 fully saturated rings. The van der Waals surface area contributed by atoms with Crippen molar-refractivity contribution in [3.05, 3.63) is 35.0 Å². The van der Waals surface area contributed by atoms with Gasteiger partial charge in [0.05, 0.1) is 0 Å². The molecule has 2 aliphatic heterocycles. The predicted octanol–water partition coefficient (Wildman–Crippen LogP) is 4.32. The molecule has 0 N–H and O–H groups in total. The SMILES string of the molecule is FC(F)(F)c1cccc(N2C3CCC2CC(=C2CC2)C3)n1. The maximum Gasteiger partial charge on any atom is 0.433 e. The first-order valence-corrected chi connectivity index (χ1v) is 7.55. The van der Waals surface area contributed by atoms with Gasteiger partial charge in [-0.2, -0.15) is 13.2 Å². The van der Waals surface area contributed by atoms with Gasteiger partial charge in [0.1, 0.15) is 11.5 Å². The van der Waals surface area contributed by atoms with Crippen molar-refractivity contribution in [2.45, 2.75) is 56.8 Å². The van der Waals surface area contributed by atoms with Gasteiger partial charge in [-0.25, -0.2) is 4.98 Å². The van der Waals surface area contributed by atoms with Crippen LogP contribution < -0.4 is 4.90 Å². The second kappa shape index (κ2) is 4.49. The summed E-state index contributed by atoms with van der Waals surface area (Å²) in [7, 11) is 0. The van der Waals surface area contributed by atoms with Gasteiger partial charge in [0, 0.05) is 12.1 Å². The number of nitrogens with zero attached hydrogens (tertiary/aromatic N) is 2. The van der Waals surface area contributed by atoms with Gasteiger partial charge in [-0.15, -0.1) is 0 Å². The molecule has 0 spiro atoms. The highest BCUT2D eigenvalue weighted by Crippen LogP contribution is 2.46. The lowest BCUT2D eigenvalue weighted by Crippen LogP contribution is -2.41. The van der Waals surface area contributed by atoms with Crippen LogP contribution in [0, 0.1) is 0 Å². The number of halogens is 3. The van der Waals surface area contributed by atoms with Crippen LogP contribution in [0.5, 0.6) is 0 Å². The minimum Gasteiger partial charge on any atom is -0.350 e. The largest absolute Gasteiger partial charge is 0.433 e. The van der Waals surface area contributed by atoms with Crippen LogP contribution in [0.3, 0.4) is 0 Å². The Hall–Kier alpha value is -1.52. The topological polar surface area (TPSA) is 16.1 Å². The minimum atomic E-state index is -4.37. The van der Waals surface area contributed by atoms with Crippen LogP contribution in [0.1, 0.15) is 44.2 Å². The summed E-state index contributed by atoms with van der Waals surface area (Å²) in [5.74, 6) is 0.497. The second-order valence-electron chi connectivity index (χ2n) is 6.29. The Kier molecular flexibility index (Phi) is 2.81. The molecule has 3 aliphatic rings. The van der Waals surface area contributed by atoms with E-state index in [0.29, 0.717) is 17.9 Å². The first-order valence-electron chi connectivity index (χ1n) is 7.55. The van der Waals surface area contributed by atoms with Crippen LogP contribution in [0.25, 0.3) is 0 Å². The predicted molar refractivity (Wildman–Crippen MR) is 74.0 cm³/mol. The average molecular weight is 294 g/mol. The van der Waals surface area contributed by atoms with E-state index in [-0.39, 0.29) is 0 Å². The number of rotatable bonds is 1. The number of pyridine rings is 1. The molecule has 1 saturated carbocycles. The number of aromatic nitrogens is 1. The molecule has 0 aromatic carbocycles. The molecule has 112 valence electrons. The fourth-order valence-electron chi connectivity index (χ4n) is 3.82. The van der Waals surface area contributed by atoms with Gasteiger partial charge >= 0.3 is 6.18 Å². The summed E-state index contributed by atoms with van der Waals surface area (Å²) in [6.45, 7) is 0. The number of hydrogen-bond donors (Lipinski definition) is 0. The molecule has 1 aromatic heterocycles. The van der Waals surface area contributed by atoms with Crippen LogP contribution in [0.15, 0.2) is 29.3 Å². The molecule has 0 amide bonds. The molecule has 2 atom stereocenters. The Morgan fingerprint density at radius 2 is 1.67 bits per heavy atom. The molecule has 1 aromatic rings. The van der Waals surface area contributed by atoms with E-state index in [4.69, 9.17) is 0 Å². The number of anilines is 1. The van der Waals surface area contributed by atoms with E-state index in [1.807, 2.05) is 0 Å². The minimum absolute atomic E-state index is 0.336. The molecule has 5 heteroatoms. The third-order valence-corrected chi connectivity index (χ3v) is 4.87. The summed E-state index contributed by atoms with van der Waals surface area (Å²) >= 11 is 0. The summed E-state index contributed by atoms with van der Waals surface area (Å²) < 4.78 is 38.5. The van der Waals surface area contributed by atoms with E-state index in [1.165, 1.54) is 18.9 Å². The van der Waals surface area contributed by atoms with Gasteiger partial charge in [-0.3, -0.25) is 0 Å². The van der Waals surface area contributed by atoms with Gasteiger partial charge in [0.2, 0.25) is 0 Å². The van der Waals surface area contributed by atoms with Crippen molar-refractivity contribution in [3.63, 3.8) is 0 Å². The number of alkyl halides is 3. The normalized spacial score (nSPS) is 28.2. The highest BCUT2D eigenvalue weighted by Gasteiger charge is 2.41. The van der Waals surface area contributed by atoms with Crippen molar-refractivity contribution in [2.75, 3.05) is 4.90 Å². The zero-order valence-electron chi connectivity index (χ0n) is 11.7. The van der Waals surface area contributed by atoms with Crippen LogP contribution in [-0.4, -0.2) is 17.1 Å². The zero-order chi connectivity index (χ0) is 14.6. The van der Waals surface area contributed by atoms with E-state index in [2.05, 4.69) is 9.88 Å². The molecule has 1 aliphatic carbocycles. The molecular weight excluding hydrogens is 277 g/mol. The van der Waals surface area contributed by atoms with Gasteiger partial charge < -0.3 is 4.90 Å². The lowest BCUT2D eigenvalue weighted by Gasteiger charge is -2.37. The number of hydrogen-bond acceptors (Lipinski definition) is 2. The van der Waals surface area contributed by atoms with Crippen LogP contribution in [0.2, 0.25) is 0 Å². The van der Waals surface area contributed by atoms with Crippen LogP contribution in [-0.2, 0) is 6.18 Å². The molecule has 0 radical (unpaired) electrons. The van der Waals surface area contributed by atoms with Crippen molar-refractivity contribution < 1.29 is 13.2 Å². The third-order valence-electron chi connectivity index (χ3n) is 4.87. The van der Waals surface area contributed by atoms with Gasteiger partial charge in [0.25, 0.3) is 0 Å². The highest BCUT2D eigenvalue weighted by atomic mass is 19.4. The third kappa shape index (κ3) is 2.32. The van der Waals surface area contributed by atoms with Crippen molar-refractivity contribution >= 4 is 5.82 Å². The second-order valence-corrected chi connectivity index (χ2v) is 6.29. The molecule has 2 saturated heterocycles. The van der Waals surface area contributed by atoms with E-state index in [1.54, 1.807) is 17.2 Å². The van der Waals surface area contributed by atoms with E-state index in [9.17, 15) is 13.2 Å². The van der Waals surface area contributed by atoms with Crippen molar-refractivity contribution in [1.82, 2.24) is 4.98 Å². The number of piperidine rings is 1. The number of allylic oxidation sites excluding steroid dienone is 1. The van der Waals surface area contributed by atoms with Crippen LogP contribution >= 0.6 is 0 Å². The molecule has 3 heterocycles. The molecule has 4 rings (SSSR count). The van der Waals surface area contributed by atoms with E-state index >= 15 is 0 Å². The van der Waals surface area contributed by atoms with Gasteiger partial charge in [0.15, 0.2) is 0 Å².